The van der Waals surface area contributed by atoms with Crippen molar-refractivity contribution in [3.05, 3.63) is 45.6 Å². The lowest BCUT2D eigenvalue weighted by Crippen LogP contribution is -2.45. The fourth-order valence-electron chi connectivity index (χ4n) is 6.15. The number of fused-ring (bicyclic) bond motifs is 3. The van der Waals surface area contributed by atoms with E-state index in [4.69, 9.17) is 18.9 Å². The van der Waals surface area contributed by atoms with Crippen LogP contribution in [0.25, 0.3) is 11.1 Å². The molecule has 0 aromatic heterocycles. The van der Waals surface area contributed by atoms with Crippen LogP contribution in [0.1, 0.15) is 57.2 Å². The highest BCUT2D eigenvalue weighted by Crippen LogP contribution is 2.50. The smallest absolute Gasteiger partial charge is 0.242 e. The molecule has 1 aliphatic heterocycles. The number of carbonyl (C=O) groups excluding carboxylic acids is 2. The molecule has 45 heavy (non-hydrogen) atoms. The third-order valence-corrected chi connectivity index (χ3v) is 8.78. The monoisotopic (exact) mass is 624 g/mol. The topological polar surface area (TPSA) is 127 Å². The average molecular weight is 625 g/mol. The molecule has 11 nitrogen and oxygen atoms in total. The number of morpholine rings is 1. The van der Waals surface area contributed by atoms with Crippen molar-refractivity contribution in [2.45, 2.75) is 58.5 Å². The summed E-state index contributed by atoms with van der Waals surface area (Å²) in [6.45, 7) is 10.2. The van der Waals surface area contributed by atoms with Crippen LogP contribution in [-0.2, 0) is 20.7 Å². The Labute approximate surface area is 265 Å². The van der Waals surface area contributed by atoms with Crippen molar-refractivity contribution in [1.29, 1.82) is 0 Å². The zero-order valence-electron chi connectivity index (χ0n) is 27.4. The van der Waals surface area contributed by atoms with Gasteiger partial charge in [0.15, 0.2) is 11.5 Å². The maximum absolute atomic E-state index is 13.8. The number of amides is 2. The maximum Gasteiger partial charge on any atom is 0.242 e. The minimum atomic E-state index is -0.606. The second-order valence-corrected chi connectivity index (χ2v) is 11.7. The molecule has 2 aromatic rings. The van der Waals surface area contributed by atoms with E-state index < -0.39 is 12.1 Å². The summed E-state index contributed by atoms with van der Waals surface area (Å²) in [4.78, 5) is 41.9. The molecule has 2 amide bonds. The molecule has 1 saturated heterocycles. The van der Waals surface area contributed by atoms with Crippen LogP contribution in [0.2, 0.25) is 0 Å². The van der Waals surface area contributed by atoms with E-state index in [1.54, 1.807) is 33.5 Å². The highest BCUT2D eigenvalue weighted by Gasteiger charge is 2.30. The van der Waals surface area contributed by atoms with E-state index in [1.807, 2.05) is 26.0 Å². The van der Waals surface area contributed by atoms with Crippen LogP contribution >= 0.6 is 0 Å². The van der Waals surface area contributed by atoms with Gasteiger partial charge in [0.1, 0.15) is 6.04 Å². The molecule has 2 aromatic carbocycles. The lowest BCUT2D eigenvalue weighted by atomic mass is 9.95. The normalized spacial score (nSPS) is 17.5. The number of hydrogen-bond donors (Lipinski definition) is 3. The van der Waals surface area contributed by atoms with Gasteiger partial charge in [-0.05, 0) is 66.6 Å². The van der Waals surface area contributed by atoms with Gasteiger partial charge < -0.3 is 34.9 Å². The van der Waals surface area contributed by atoms with E-state index in [0.717, 1.165) is 62.4 Å². The number of ether oxygens (including phenoxy) is 4. The molecule has 11 heteroatoms. The Morgan fingerprint density at radius 3 is 2.44 bits per heavy atom. The molecule has 1 fully saturated rings. The molecule has 1 aliphatic carbocycles. The van der Waals surface area contributed by atoms with Crippen molar-refractivity contribution in [2.75, 3.05) is 66.0 Å². The van der Waals surface area contributed by atoms with Crippen molar-refractivity contribution < 1.29 is 28.5 Å². The van der Waals surface area contributed by atoms with Crippen LogP contribution in [0.15, 0.2) is 29.1 Å². The lowest BCUT2D eigenvalue weighted by Gasteiger charge is -2.27. The first kappa shape index (κ1) is 34.1. The Morgan fingerprint density at radius 1 is 1.07 bits per heavy atom. The van der Waals surface area contributed by atoms with Gasteiger partial charge in [-0.25, -0.2) is 0 Å². The van der Waals surface area contributed by atoms with Gasteiger partial charge in [-0.2, -0.15) is 0 Å². The minimum absolute atomic E-state index is 0.0309. The van der Waals surface area contributed by atoms with Crippen molar-refractivity contribution in [3.8, 4) is 28.4 Å². The molecule has 246 valence electrons. The Kier molecular flexibility index (Phi) is 12.1. The number of anilines is 1. The second kappa shape index (κ2) is 15.9. The molecule has 0 bridgehead atoms. The summed E-state index contributed by atoms with van der Waals surface area (Å²) in [5.41, 5.74) is 3.15. The van der Waals surface area contributed by atoms with Crippen LogP contribution in [0.5, 0.6) is 17.2 Å². The average Bonchev–Trinajstić information content (AvgIpc) is 3.28. The Balaban J connectivity index is 1.70. The van der Waals surface area contributed by atoms with E-state index in [2.05, 4.69) is 20.9 Å². The van der Waals surface area contributed by atoms with E-state index in [0.29, 0.717) is 47.9 Å². The van der Waals surface area contributed by atoms with Crippen LogP contribution in [0.3, 0.4) is 0 Å². The zero-order valence-corrected chi connectivity index (χ0v) is 27.4. The molecule has 3 atom stereocenters. The fraction of sp³-hybridized carbons (Fsp3) is 0.559. The van der Waals surface area contributed by atoms with Crippen molar-refractivity contribution >= 4 is 17.5 Å². The summed E-state index contributed by atoms with van der Waals surface area (Å²) in [6, 6.07) is 6.05. The van der Waals surface area contributed by atoms with Crippen LogP contribution in [-0.4, -0.2) is 83.5 Å². The molecular weight excluding hydrogens is 576 g/mol. The Morgan fingerprint density at radius 2 is 1.80 bits per heavy atom. The third-order valence-electron chi connectivity index (χ3n) is 8.78. The van der Waals surface area contributed by atoms with Crippen LogP contribution < -0.4 is 35.6 Å². The first-order valence-electron chi connectivity index (χ1n) is 15.8. The van der Waals surface area contributed by atoms with Crippen molar-refractivity contribution in [3.63, 3.8) is 0 Å². The van der Waals surface area contributed by atoms with E-state index in [1.165, 1.54) is 6.92 Å². The molecule has 0 unspecified atom stereocenters. The summed E-state index contributed by atoms with van der Waals surface area (Å²) in [7, 11) is 4.69. The second-order valence-electron chi connectivity index (χ2n) is 11.7. The summed E-state index contributed by atoms with van der Waals surface area (Å²) in [6.07, 6.45) is 2.75. The van der Waals surface area contributed by atoms with Crippen LogP contribution in [0.4, 0.5) is 5.69 Å². The van der Waals surface area contributed by atoms with Gasteiger partial charge in [0.25, 0.3) is 0 Å². The Bertz CT molecular complexity index is 1410. The quantitative estimate of drug-likeness (QED) is 0.287. The van der Waals surface area contributed by atoms with Gasteiger partial charge in [-0.15, -0.1) is 0 Å². The Hall–Kier alpha value is -3.83. The highest BCUT2D eigenvalue weighted by atomic mass is 16.5. The predicted molar refractivity (Wildman–Crippen MR) is 174 cm³/mol. The predicted octanol–water partition coefficient (Wildman–Crippen LogP) is 3.53. The fourth-order valence-corrected chi connectivity index (χ4v) is 6.15. The summed E-state index contributed by atoms with van der Waals surface area (Å²) in [5.74, 6) is 1.09. The number of nitrogens with one attached hydrogen (secondary N) is 3. The SMILES string of the molecule is CC[C@H](C)[C@@H](Nc1ccc2c(cc1=O)[C@H](NC(C)=O)CCc1cc(OC)c(OC)c(OC)c1-2)C(=O)NCCCN1CCOCC1. The first-order chi connectivity index (χ1) is 21.7. The van der Waals surface area contributed by atoms with Gasteiger partial charge in [0.05, 0.1) is 46.3 Å². The van der Waals surface area contributed by atoms with Gasteiger partial charge in [0.2, 0.25) is 23.0 Å². The standard InChI is InChI=1S/C34H48N4O7/c1-7-21(2)31(34(41)35-13-8-14-38-15-17-45-18-16-38)37-27-12-10-24-25(20-28(27)40)26(36-22(3)39)11-9-23-19-29(42-4)32(43-5)33(44-6)30(23)24/h10,12,19-21,26,31H,7-9,11,13-18H2,1-6H3,(H,35,41)(H,36,39)(H,37,40)/t21-,26+,31+/m0/s1. The number of aryl methyl sites for hydroxylation is 1. The molecule has 1 heterocycles. The van der Waals surface area contributed by atoms with Gasteiger partial charge in [0, 0.05) is 32.1 Å². The highest BCUT2D eigenvalue weighted by molar-refractivity contribution is 5.86. The number of rotatable bonds is 13. The van der Waals surface area contributed by atoms with Crippen LogP contribution in [0, 0.1) is 5.92 Å². The van der Waals surface area contributed by atoms with E-state index in [-0.39, 0.29) is 23.2 Å². The number of carbonyl (C=O) groups is 2. The molecule has 4 rings (SSSR count). The minimum Gasteiger partial charge on any atom is -0.493 e. The summed E-state index contributed by atoms with van der Waals surface area (Å²) >= 11 is 0. The number of methoxy groups -OCH3 is 3. The zero-order chi connectivity index (χ0) is 32.5. The van der Waals surface area contributed by atoms with Crippen molar-refractivity contribution in [1.82, 2.24) is 15.5 Å². The lowest BCUT2D eigenvalue weighted by molar-refractivity contribution is -0.123. The molecule has 0 spiro atoms. The van der Waals surface area contributed by atoms with Gasteiger partial charge >= 0.3 is 0 Å². The third kappa shape index (κ3) is 8.07. The van der Waals surface area contributed by atoms with Gasteiger partial charge in [-0.1, -0.05) is 26.3 Å². The number of hydrogen-bond acceptors (Lipinski definition) is 9. The summed E-state index contributed by atoms with van der Waals surface area (Å²) < 4.78 is 22.6. The van der Waals surface area contributed by atoms with Crippen molar-refractivity contribution in [2.24, 2.45) is 5.92 Å². The van der Waals surface area contributed by atoms with E-state index in [9.17, 15) is 14.4 Å². The molecule has 0 saturated carbocycles. The van der Waals surface area contributed by atoms with E-state index >= 15 is 0 Å². The largest absolute Gasteiger partial charge is 0.493 e. The van der Waals surface area contributed by atoms with Gasteiger partial charge in [-0.3, -0.25) is 19.3 Å². The molecule has 3 N–H and O–H groups in total. The number of benzene rings is 1. The first-order valence-corrected chi connectivity index (χ1v) is 15.8. The maximum atomic E-state index is 13.8. The summed E-state index contributed by atoms with van der Waals surface area (Å²) in [5, 5.41) is 9.39. The molecular formula is C34H48N4O7. The molecule has 0 radical (unpaired) electrons. The molecule has 2 aliphatic rings. The number of nitrogens with zero attached hydrogens (tertiary/aromatic N) is 1.